The number of carbonyl (C=O) groups excluding carboxylic acids is 2. The molecule has 1 amide bonds. The topological polar surface area (TPSA) is 46.6 Å². The maximum Gasteiger partial charge on any atom is 0.410 e. The van der Waals surface area contributed by atoms with Crippen molar-refractivity contribution in [3.05, 3.63) is 0 Å². The highest BCUT2D eigenvalue weighted by Gasteiger charge is 2.37. The largest absolute Gasteiger partial charge is 0.444 e. The van der Waals surface area contributed by atoms with Crippen LogP contribution in [0, 0.1) is 5.92 Å². The van der Waals surface area contributed by atoms with Crippen LogP contribution in [0.3, 0.4) is 0 Å². The van der Waals surface area contributed by atoms with Gasteiger partial charge in [-0.3, -0.25) is 4.79 Å². The number of hydrogen-bond acceptors (Lipinski definition) is 3. The quantitative estimate of drug-likeness (QED) is 0.772. The molecule has 4 heteroatoms. The van der Waals surface area contributed by atoms with E-state index in [4.69, 9.17) is 4.74 Å². The fourth-order valence-corrected chi connectivity index (χ4v) is 2.62. The lowest BCUT2D eigenvalue weighted by molar-refractivity contribution is -0.124. The molecule has 0 aromatic heterocycles. The van der Waals surface area contributed by atoms with E-state index in [1.165, 1.54) is 0 Å². The number of carbonyl (C=O) groups is 2. The summed E-state index contributed by atoms with van der Waals surface area (Å²) in [5.74, 6) is 0.700. The van der Waals surface area contributed by atoms with Gasteiger partial charge in [0.25, 0.3) is 0 Å². The van der Waals surface area contributed by atoms with E-state index in [0.717, 1.165) is 6.42 Å². The lowest BCUT2D eigenvalue weighted by Gasteiger charge is -2.41. The normalized spacial score (nSPS) is 24.8. The number of Topliss-reactive ketones (excluding diaryl/α,β-unsaturated/α-hetero) is 1. The monoisotopic (exact) mass is 269 g/mol. The molecule has 0 saturated carbocycles. The molecule has 0 radical (unpaired) electrons. The first-order chi connectivity index (χ1) is 8.60. The first kappa shape index (κ1) is 16.0. The molecule has 1 heterocycles. The second kappa shape index (κ2) is 5.93. The lowest BCUT2D eigenvalue weighted by atomic mass is 9.90. The Balaban J connectivity index is 2.84. The van der Waals surface area contributed by atoms with Crippen LogP contribution >= 0.6 is 0 Å². The molecular weight excluding hydrogens is 242 g/mol. The van der Waals surface area contributed by atoms with Gasteiger partial charge in [0.05, 0.1) is 0 Å². The third kappa shape index (κ3) is 4.84. The average molecular weight is 269 g/mol. The Kier molecular flexibility index (Phi) is 4.99. The van der Waals surface area contributed by atoms with Crippen molar-refractivity contribution < 1.29 is 14.3 Å². The Labute approximate surface area is 116 Å². The molecule has 0 N–H and O–H groups in total. The van der Waals surface area contributed by atoms with Crippen LogP contribution in [0.1, 0.15) is 60.8 Å². The second-order valence-corrected chi connectivity index (χ2v) is 6.97. The van der Waals surface area contributed by atoms with Gasteiger partial charge in [-0.2, -0.15) is 0 Å². The molecule has 1 aliphatic heterocycles. The Bertz CT molecular complexity index is 344. The SMILES string of the molecule is CC(C)CC1CC(=O)CC(C)N1C(=O)OC(C)(C)C. The van der Waals surface area contributed by atoms with Gasteiger partial charge in [-0.1, -0.05) is 13.8 Å². The van der Waals surface area contributed by atoms with E-state index in [2.05, 4.69) is 13.8 Å². The zero-order chi connectivity index (χ0) is 14.8. The Morgan fingerprint density at radius 3 is 2.42 bits per heavy atom. The summed E-state index contributed by atoms with van der Waals surface area (Å²) in [6.07, 6.45) is 1.45. The molecule has 1 saturated heterocycles. The van der Waals surface area contributed by atoms with Gasteiger partial charge in [0, 0.05) is 24.9 Å². The van der Waals surface area contributed by atoms with Crippen LogP contribution in [-0.4, -0.2) is 34.5 Å². The highest BCUT2D eigenvalue weighted by molar-refractivity contribution is 5.83. The summed E-state index contributed by atoms with van der Waals surface area (Å²) in [5.41, 5.74) is -0.499. The number of ketones is 1. The summed E-state index contributed by atoms with van der Waals surface area (Å²) in [7, 11) is 0. The third-order valence-electron chi connectivity index (χ3n) is 3.20. The fourth-order valence-electron chi connectivity index (χ4n) is 2.62. The number of ether oxygens (including phenoxy) is 1. The molecule has 1 fully saturated rings. The van der Waals surface area contributed by atoms with E-state index in [0.29, 0.717) is 18.8 Å². The molecule has 2 atom stereocenters. The first-order valence-electron chi connectivity index (χ1n) is 7.13. The van der Waals surface area contributed by atoms with Crippen molar-refractivity contribution in [1.82, 2.24) is 4.90 Å². The van der Waals surface area contributed by atoms with Crippen LogP contribution in [0.15, 0.2) is 0 Å². The van der Waals surface area contributed by atoms with Gasteiger partial charge < -0.3 is 9.64 Å². The zero-order valence-electron chi connectivity index (χ0n) is 13.0. The number of amides is 1. The molecule has 19 heavy (non-hydrogen) atoms. The molecule has 0 spiro atoms. The maximum absolute atomic E-state index is 12.3. The molecule has 1 rings (SSSR count). The summed E-state index contributed by atoms with van der Waals surface area (Å²) < 4.78 is 5.47. The van der Waals surface area contributed by atoms with Crippen LogP contribution in [0.5, 0.6) is 0 Å². The summed E-state index contributed by atoms with van der Waals surface area (Å²) in [6.45, 7) is 11.7. The van der Waals surface area contributed by atoms with E-state index >= 15 is 0 Å². The molecule has 0 aromatic carbocycles. The smallest absolute Gasteiger partial charge is 0.410 e. The highest BCUT2D eigenvalue weighted by Crippen LogP contribution is 2.27. The van der Waals surface area contributed by atoms with Crippen LogP contribution in [-0.2, 0) is 9.53 Å². The van der Waals surface area contributed by atoms with Crippen LogP contribution < -0.4 is 0 Å². The van der Waals surface area contributed by atoms with Gasteiger partial charge >= 0.3 is 6.09 Å². The number of hydrogen-bond donors (Lipinski definition) is 0. The molecule has 0 aliphatic carbocycles. The summed E-state index contributed by atoms with van der Waals surface area (Å²) in [5, 5.41) is 0. The summed E-state index contributed by atoms with van der Waals surface area (Å²) >= 11 is 0. The molecule has 2 unspecified atom stereocenters. The van der Waals surface area contributed by atoms with Crippen molar-refractivity contribution in [1.29, 1.82) is 0 Å². The van der Waals surface area contributed by atoms with Gasteiger partial charge in [0.1, 0.15) is 11.4 Å². The molecule has 1 aliphatic rings. The van der Waals surface area contributed by atoms with Crippen molar-refractivity contribution in [2.45, 2.75) is 78.5 Å². The maximum atomic E-state index is 12.3. The number of rotatable bonds is 2. The first-order valence-corrected chi connectivity index (χ1v) is 7.13. The predicted octanol–water partition coefficient (Wildman–Crippen LogP) is 3.39. The zero-order valence-corrected chi connectivity index (χ0v) is 13.0. The molecular formula is C15H27NO3. The lowest BCUT2D eigenvalue weighted by Crippen LogP contribution is -2.53. The minimum Gasteiger partial charge on any atom is -0.444 e. The minimum absolute atomic E-state index is 0.0221. The Morgan fingerprint density at radius 1 is 1.37 bits per heavy atom. The minimum atomic E-state index is -0.499. The standard InChI is InChI=1S/C15H27NO3/c1-10(2)7-12-9-13(17)8-11(3)16(12)14(18)19-15(4,5)6/h10-12H,7-9H2,1-6H3. The van der Waals surface area contributed by atoms with E-state index in [1.54, 1.807) is 4.90 Å². The van der Waals surface area contributed by atoms with Crippen LogP contribution in [0.4, 0.5) is 4.79 Å². The number of piperidine rings is 1. The second-order valence-electron chi connectivity index (χ2n) is 6.97. The van der Waals surface area contributed by atoms with E-state index in [9.17, 15) is 9.59 Å². The summed E-state index contributed by atoms with van der Waals surface area (Å²) in [4.78, 5) is 25.8. The number of nitrogens with zero attached hydrogens (tertiary/aromatic N) is 1. The molecule has 110 valence electrons. The van der Waals surface area contributed by atoms with Gasteiger partial charge in [-0.15, -0.1) is 0 Å². The Hall–Kier alpha value is -1.06. The molecule has 0 bridgehead atoms. The third-order valence-corrected chi connectivity index (χ3v) is 3.20. The van der Waals surface area contributed by atoms with Gasteiger partial charge in [-0.25, -0.2) is 4.79 Å². The average Bonchev–Trinajstić information content (AvgIpc) is 2.10. The molecule has 0 aromatic rings. The van der Waals surface area contributed by atoms with Crippen LogP contribution in [0.2, 0.25) is 0 Å². The van der Waals surface area contributed by atoms with Crippen molar-refractivity contribution in [2.24, 2.45) is 5.92 Å². The number of likely N-dealkylation sites (tertiary alicyclic amines) is 1. The van der Waals surface area contributed by atoms with Crippen molar-refractivity contribution in [3.8, 4) is 0 Å². The highest BCUT2D eigenvalue weighted by atomic mass is 16.6. The Morgan fingerprint density at radius 2 is 1.95 bits per heavy atom. The van der Waals surface area contributed by atoms with E-state index in [1.807, 2.05) is 27.7 Å². The van der Waals surface area contributed by atoms with Crippen molar-refractivity contribution >= 4 is 11.9 Å². The summed E-state index contributed by atoms with van der Waals surface area (Å²) in [6, 6.07) is -0.0917. The van der Waals surface area contributed by atoms with Gasteiger partial charge in [0.15, 0.2) is 0 Å². The van der Waals surface area contributed by atoms with E-state index < -0.39 is 5.60 Å². The van der Waals surface area contributed by atoms with Gasteiger partial charge in [0.2, 0.25) is 0 Å². The predicted molar refractivity (Wildman–Crippen MR) is 75.0 cm³/mol. The van der Waals surface area contributed by atoms with Crippen molar-refractivity contribution in [2.75, 3.05) is 0 Å². The fraction of sp³-hybridized carbons (Fsp3) is 0.867. The van der Waals surface area contributed by atoms with Crippen LogP contribution in [0.25, 0.3) is 0 Å². The van der Waals surface area contributed by atoms with E-state index in [-0.39, 0.29) is 24.0 Å². The van der Waals surface area contributed by atoms with Gasteiger partial charge in [-0.05, 0) is 40.0 Å². The van der Waals surface area contributed by atoms with Crippen molar-refractivity contribution in [3.63, 3.8) is 0 Å². The molecule has 4 nitrogen and oxygen atoms in total.